The van der Waals surface area contributed by atoms with Crippen LogP contribution in [0.2, 0.25) is 10.0 Å². The minimum Gasteiger partial charge on any atom is -0.488 e. The topological polar surface area (TPSA) is 225 Å². The third-order valence-electron chi connectivity index (χ3n) is 9.46. The maximum Gasteiger partial charge on any atom is 0.407 e. The molecule has 0 bridgehead atoms. The molecular weight excluding hydrogens is 783 g/mol. The van der Waals surface area contributed by atoms with Gasteiger partial charge in [0.15, 0.2) is 0 Å². The Bertz CT molecular complexity index is 1600. The van der Waals surface area contributed by atoms with Crippen LogP contribution in [0.3, 0.4) is 0 Å². The van der Waals surface area contributed by atoms with Crippen molar-refractivity contribution in [3.05, 3.63) is 28.2 Å². The number of carbonyl (C=O) groups excluding carboxylic acids is 7. The first kappa shape index (κ1) is 47.2. The van der Waals surface area contributed by atoms with E-state index >= 15 is 0 Å². The van der Waals surface area contributed by atoms with E-state index in [1.54, 1.807) is 39.8 Å². The Labute approximate surface area is 344 Å². The molecule has 5 atom stereocenters. The van der Waals surface area contributed by atoms with Crippen LogP contribution in [-0.4, -0.2) is 108 Å². The molecule has 6 amide bonds. The molecule has 1 aliphatic carbocycles. The van der Waals surface area contributed by atoms with E-state index in [1.165, 1.54) is 11.0 Å². The number of ketones is 1. The molecule has 18 heteroatoms. The van der Waals surface area contributed by atoms with E-state index in [0.717, 1.165) is 19.3 Å². The number of amides is 6. The number of rotatable bonds is 19. The first-order chi connectivity index (χ1) is 26.8. The molecule has 1 aromatic carbocycles. The molecule has 3 unspecified atom stereocenters. The fraction of sp³-hybridized carbons (Fsp3) is 0.667. The molecular formula is C39H58Cl2N6O10. The molecule has 0 radical (unpaired) electrons. The Morgan fingerprint density at radius 3 is 2.21 bits per heavy atom. The Morgan fingerprint density at radius 2 is 1.61 bits per heavy atom. The molecule has 1 heterocycles. The van der Waals surface area contributed by atoms with Gasteiger partial charge in [0.05, 0.1) is 48.0 Å². The molecule has 0 spiro atoms. The average Bonchev–Trinajstić information content (AvgIpc) is 3.58. The number of primary amides is 1. The minimum atomic E-state index is -1.31. The van der Waals surface area contributed by atoms with Crippen molar-refractivity contribution in [3.8, 4) is 5.75 Å². The van der Waals surface area contributed by atoms with Gasteiger partial charge in [-0.25, -0.2) is 4.79 Å². The van der Waals surface area contributed by atoms with Gasteiger partial charge in [-0.3, -0.25) is 28.8 Å². The number of likely N-dealkylation sites (tertiary alicyclic amines) is 1. The van der Waals surface area contributed by atoms with Crippen molar-refractivity contribution >= 4 is 64.6 Å². The van der Waals surface area contributed by atoms with Gasteiger partial charge in [-0.1, -0.05) is 69.7 Å². The Kier molecular flexibility index (Phi) is 18.3. The van der Waals surface area contributed by atoms with Gasteiger partial charge in [0.1, 0.15) is 30.0 Å². The lowest BCUT2D eigenvalue weighted by Gasteiger charge is -2.34. The van der Waals surface area contributed by atoms with Gasteiger partial charge in [0, 0.05) is 12.5 Å². The molecule has 1 saturated heterocycles. The predicted octanol–water partition coefficient (Wildman–Crippen LogP) is 3.43. The summed E-state index contributed by atoms with van der Waals surface area (Å²) in [6.45, 7) is 10.1. The SMILES string of the molecule is CCCC(NC(=O)[C@@H]1C[C@@H](Oc2ccc(Cl)c(Cl)c2)CN1C(=O)C(NC(=O)OCC(C)C)C1CCCCC1)C(=O)C(=O)NCC(=O)NC(COC(C)(C)C)C(N)=O. The third kappa shape index (κ3) is 15.3. The summed E-state index contributed by atoms with van der Waals surface area (Å²) >= 11 is 12.3. The number of hydrogen-bond acceptors (Lipinski definition) is 10. The molecule has 318 valence electrons. The summed E-state index contributed by atoms with van der Waals surface area (Å²) in [5, 5.41) is 10.6. The molecule has 6 N–H and O–H groups in total. The fourth-order valence-electron chi connectivity index (χ4n) is 6.56. The monoisotopic (exact) mass is 840 g/mol. The van der Waals surface area contributed by atoms with Crippen LogP contribution in [0.25, 0.3) is 0 Å². The average molecular weight is 842 g/mol. The lowest BCUT2D eigenvalue weighted by molar-refractivity contribution is -0.143. The van der Waals surface area contributed by atoms with Gasteiger partial charge in [0.2, 0.25) is 29.4 Å². The summed E-state index contributed by atoms with van der Waals surface area (Å²) in [4.78, 5) is 93.8. The maximum atomic E-state index is 14.5. The van der Waals surface area contributed by atoms with Gasteiger partial charge >= 0.3 is 6.09 Å². The highest BCUT2D eigenvalue weighted by atomic mass is 35.5. The van der Waals surface area contributed by atoms with Crippen LogP contribution in [0.15, 0.2) is 18.2 Å². The highest BCUT2D eigenvalue weighted by molar-refractivity contribution is 6.42. The predicted molar refractivity (Wildman–Crippen MR) is 212 cm³/mol. The lowest BCUT2D eigenvalue weighted by atomic mass is 9.83. The summed E-state index contributed by atoms with van der Waals surface area (Å²) in [6, 6.07) is 0.0256. The maximum absolute atomic E-state index is 14.5. The van der Waals surface area contributed by atoms with E-state index < -0.39 is 83.8 Å². The molecule has 3 rings (SSSR count). The standard InChI is InChI=1S/C39H58Cl2N6O10/c1-7-11-28(33(49)36(52)43-18-31(48)44-29(34(42)50)21-56-39(4,5)6)45-35(51)30-17-25(57-24-14-15-26(40)27(41)16-24)19-47(30)37(53)32(23-12-9-8-10-13-23)46-38(54)55-20-22(2)3/h14-16,22-23,25,28-30,32H,7-13,17-21H2,1-6H3,(H2,42,50)(H,43,52)(H,44,48)(H,45,51)(H,46,54)/t25-,28?,29?,30+,32?/m1/s1. The van der Waals surface area contributed by atoms with Gasteiger partial charge < -0.3 is 46.1 Å². The summed E-state index contributed by atoms with van der Waals surface area (Å²) in [5.74, 6) is -4.82. The number of ether oxygens (including phenoxy) is 3. The lowest BCUT2D eigenvalue weighted by Crippen LogP contribution is -2.58. The summed E-state index contributed by atoms with van der Waals surface area (Å²) in [6.07, 6.45) is 3.11. The zero-order valence-electron chi connectivity index (χ0n) is 33.6. The van der Waals surface area contributed by atoms with Crippen molar-refractivity contribution in [2.75, 3.05) is 26.3 Å². The van der Waals surface area contributed by atoms with Crippen molar-refractivity contribution in [1.82, 2.24) is 26.2 Å². The molecule has 0 aromatic heterocycles. The first-order valence-corrected chi connectivity index (χ1v) is 20.3. The highest BCUT2D eigenvalue weighted by Crippen LogP contribution is 2.32. The molecule has 2 aliphatic rings. The third-order valence-corrected chi connectivity index (χ3v) is 10.2. The van der Waals surface area contributed by atoms with Crippen molar-refractivity contribution in [3.63, 3.8) is 0 Å². The van der Waals surface area contributed by atoms with E-state index in [1.807, 2.05) is 13.8 Å². The molecule has 1 saturated carbocycles. The van der Waals surface area contributed by atoms with Gasteiger partial charge in [0.25, 0.3) is 5.91 Å². The number of hydrogen-bond donors (Lipinski definition) is 5. The summed E-state index contributed by atoms with van der Waals surface area (Å²) in [7, 11) is 0. The van der Waals surface area contributed by atoms with Crippen LogP contribution >= 0.6 is 23.2 Å². The van der Waals surface area contributed by atoms with Gasteiger partial charge in [-0.05, 0) is 64.0 Å². The number of nitrogens with one attached hydrogen (secondary N) is 4. The van der Waals surface area contributed by atoms with Crippen LogP contribution in [0.1, 0.15) is 92.9 Å². The number of nitrogens with zero attached hydrogens (tertiary/aromatic N) is 1. The van der Waals surface area contributed by atoms with Crippen LogP contribution in [0.4, 0.5) is 4.79 Å². The Morgan fingerprint density at radius 1 is 0.930 bits per heavy atom. The van der Waals surface area contributed by atoms with Crippen molar-refractivity contribution < 1.29 is 47.8 Å². The second-order valence-corrected chi connectivity index (χ2v) is 16.7. The first-order valence-electron chi connectivity index (χ1n) is 19.5. The second-order valence-electron chi connectivity index (χ2n) is 15.9. The fourth-order valence-corrected chi connectivity index (χ4v) is 6.85. The van der Waals surface area contributed by atoms with E-state index in [9.17, 15) is 33.6 Å². The van der Waals surface area contributed by atoms with Gasteiger partial charge in [-0.15, -0.1) is 0 Å². The van der Waals surface area contributed by atoms with Crippen molar-refractivity contribution in [1.29, 1.82) is 0 Å². The number of nitrogens with two attached hydrogens (primary N) is 1. The van der Waals surface area contributed by atoms with Crippen molar-refractivity contribution in [2.24, 2.45) is 17.6 Å². The number of benzene rings is 1. The van der Waals surface area contributed by atoms with Crippen LogP contribution < -0.4 is 31.7 Å². The zero-order valence-corrected chi connectivity index (χ0v) is 35.1. The van der Waals surface area contributed by atoms with E-state index in [0.29, 0.717) is 30.0 Å². The van der Waals surface area contributed by atoms with Crippen LogP contribution in [0, 0.1) is 11.8 Å². The van der Waals surface area contributed by atoms with E-state index in [-0.39, 0.29) is 49.5 Å². The molecule has 57 heavy (non-hydrogen) atoms. The summed E-state index contributed by atoms with van der Waals surface area (Å²) < 4.78 is 17.1. The molecule has 2 fully saturated rings. The normalized spacial score (nSPS) is 18.9. The largest absolute Gasteiger partial charge is 0.488 e. The second kappa shape index (κ2) is 22.1. The van der Waals surface area contributed by atoms with E-state index in [4.69, 9.17) is 43.1 Å². The van der Waals surface area contributed by atoms with Crippen LogP contribution in [-0.2, 0) is 38.2 Å². The van der Waals surface area contributed by atoms with Gasteiger partial charge in [-0.2, -0.15) is 0 Å². The number of halogens is 2. The number of Topliss-reactive ketones (excluding diaryl/α,β-unsaturated/α-hetero) is 1. The molecule has 1 aliphatic heterocycles. The number of carbonyl (C=O) groups is 7. The summed E-state index contributed by atoms with van der Waals surface area (Å²) in [5.41, 5.74) is 4.78. The molecule has 1 aromatic rings. The van der Waals surface area contributed by atoms with Crippen LogP contribution in [0.5, 0.6) is 5.75 Å². The zero-order chi connectivity index (χ0) is 42.4. The quantitative estimate of drug-likeness (QED) is 0.128. The Hall–Kier alpha value is -4.15. The minimum absolute atomic E-state index is 0.00631. The Balaban J connectivity index is 1.81. The number of alkyl carbamates (subject to hydrolysis) is 1. The smallest absolute Gasteiger partial charge is 0.407 e. The van der Waals surface area contributed by atoms with E-state index in [2.05, 4.69) is 21.3 Å². The molecule has 16 nitrogen and oxygen atoms in total. The highest BCUT2D eigenvalue weighted by Gasteiger charge is 2.46. The van der Waals surface area contributed by atoms with Crippen molar-refractivity contribution in [2.45, 2.75) is 129 Å².